The molecule has 2 heterocycles. The standard InChI is InChI=1S/C10H10N4O2S/c15-9(16)10(2-3-10)6-14-8(11-12-13-14)7-1-4-17-5-7/h1,4-5H,2-3,6H2,(H,15,16). The van der Waals surface area contributed by atoms with Crippen LogP contribution in [0.15, 0.2) is 16.8 Å². The lowest BCUT2D eigenvalue weighted by molar-refractivity contribution is -0.144. The molecule has 3 rings (SSSR count). The molecule has 0 amide bonds. The summed E-state index contributed by atoms with van der Waals surface area (Å²) in [5, 5.41) is 24.5. The van der Waals surface area contributed by atoms with E-state index in [1.54, 1.807) is 16.0 Å². The molecule has 0 unspecified atom stereocenters. The van der Waals surface area contributed by atoms with Gasteiger partial charge in [0.05, 0.1) is 12.0 Å². The molecule has 1 aliphatic rings. The van der Waals surface area contributed by atoms with E-state index in [4.69, 9.17) is 5.11 Å². The van der Waals surface area contributed by atoms with Gasteiger partial charge in [0, 0.05) is 10.9 Å². The fraction of sp³-hybridized carbons (Fsp3) is 0.400. The predicted molar refractivity (Wildman–Crippen MR) is 60.4 cm³/mol. The Kier molecular flexibility index (Phi) is 2.22. The van der Waals surface area contributed by atoms with Crippen LogP contribution >= 0.6 is 11.3 Å². The van der Waals surface area contributed by atoms with Crippen LogP contribution in [0.3, 0.4) is 0 Å². The Morgan fingerprint density at radius 1 is 1.59 bits per heavy atom. The van der Waals surface area contributed by atoms with E-state index in [0.29, 0.717) is 25.2 Å². The molecule has 2 aromatic heterocycles. The zero-order valence-electron chi connectivity index (χ0n) is 8.91. The van der Waals surface area contributed by atoms with Crippen molar-refractivity contribution in [2.75, 3.05) is 0 Å². The highest BCUT2D eigenvalue weighted by molar-refractivity contribution is 7.08. The number of aliphatic carboxylic acids is 1. The summed E-state index contributed by atoms with van der Waals surface area (Å²) in [6, 6.07) is 1.92. The summed E-state index contributed by atoms with van der Waals surface area (Å²) in [5.74, 6) is -0.122. The molecule has 6 nitrogen and oxygen atoms in total. The Morgan fingerprint density at radius 2 is 2.41 bits per heavy atom. The molecule has 1 fully saturated rings. The van der Waals surface area contributed by atoms with Crippen molar-refractivity contribution in [3.63, 3.8) is 0 Å². The van der Waals surface area contributed by atoms with Gasteiger partial charge in [-0.3, -0.25) is 4.79 Å². The van der Waals surface area contributed by atoms with Crippen LogP contribution in [-0.2, 0) is 11.3 Å². The van der Waals surface area contributed by atoms with Crippen molar-refractivity contribution in [1.29, 1.82) is 0 Å². The van der Waals surface area contributed by atoms with Crippen LogP contribution in [0.1, 0.15) is 12.8 Å². The van der Waals surface area contributed by atoms with Crippen LogP contribution in [0.5, 0.6) is 0 Å². The van der Waals surface area contributed by atoms with Gasteiger partial charge in [0.25, 0.3) is 0 Å². The van der Waals surface area contributed by atoms with E-state index >= 15 is 0 Å². The lowest BCUT2D eigenvalue weighted by Gasteiger charge is -2.09. The van der Waals surface area contributed by atoms with Gasteiger partial charge < -0.3 is 5.11 Å². The van der Waals surface area contributed by atoms with E-state index in [2.05, 4.69) is 15.5 Å². The lowest BCUT2D eigenvalue weighted by atomic mass is 10.1. The van der Waals surface area contributed by atoms with E-state index < -0.39 is 11.4 Å². The van der Waals surface area contributed by atoms with Gasteiger partial charge in [-0.1, -0.05) is 0 Å². The molecule has 0 bridgehead atoms. The van der Waals surface area contributed by atoms with Crippen molar-refractivity contribution in [2.24, 2.45) is 5.41 Å². The largest absolute Gasteiger partial charge is 0.481 e. The van der Waals surface area contributed by atoms with Crippen LogP contribution in [0.25, 0.3) is 11.4 Å². The number of hydrogen-bond acceptors (Lipinski definition) is 5. The number of nitrogens with zero attached hydrogens (tertiary/aromatic N) is 4. The maximum absolute atomic E-state index is 11.1. The second-order valence-corrected chi connectivity index (χ2v) is 5.04. The predicted octanol–water partition coefficient (Wildman–Crippen LogP) is 1.27. The number of carbonyl (C=O) groups is 1. The molecule has 88 valence electrons. The highest BCUT2D eigenvalue weighted by Gasteiger charge is 2.51. The smallest absolute Gasteiger partial charge is 0.311 e. The number of aromatic nitrogens is 4. The Labute approximate surface area is 101 Å². The zero-order valence-corrected chi connectivity index (χ0v) is 9.72. The average molecular weight is 250 g/mol. The van der Waals surface area contributed by atoms with E-state index in [1.165, 1.54) is 0 Å². The Bertz CT molecular complexity index is 544. The van der Waals surface area contributed by atoms with Gasteiger partial charge in [0.1, 0.15) is 0 Å². The first-order valence-electron chi connectivity index (χ1n) is 5.23. The second-order valence-electron chi connectivity index (χ2n) is 4.26. The minimum atomic E-state index is -0.760. The van der Waals surface area contributed by atoms with Gasteiger partial charge >= 0.3 is 5.97 Å². The van der Waals surface area contributed by atoms with Gasteiger partial charge in [-0.05, 0) is 34.7 Å². The minimum absolute atomic E-state index is 0.348. The molecule has 1 saturated carbocycles. The van der Waals surface area contributed by atoms with Gasteiger partial charge in [-0.2, -0.15) is 11.3 Å². The highest BCUT2D eigenvalue weighted by Crippen LogP contribution is 2.47. The van der Waals surface area contributed by atoms with Gasteiger partial charge in [0.15, 0.2) is 5.82 Å². The molecule has 0 aliphatic heterocycles. The molecule has 2 aromatic rings. The van der Waals surface area contributed by atoms with E-state index in [9.17, 15) is 4.79 Å². The van der Waals surface area contributed by atoms with E-state index in [-0.39, 0.29) is 0 Å². The number of rotatable bonds is 4. The summed E-state index contributed by atoms with van der Waals surface area (Å²) in [5.41, 5.74) is 0.279. The van der Waals surface area contributed by atoms with Crippen molar-refractivity contribution in [1.82, 2.24) is 20.2 Å². The van der Waals surface area contributed by atoms with Crippen LogP contribution in [-0.4, -0.2) is 31.3 Å². The molecule has 0 saturated heterocycles. The Morgan fingerprint density at radius 3 is 3.00 bits per heavy atom. The molecule has 7 heteroatoms. The maximum atomic E-state index is 11.1. The van der Waals surface area contributed by atoms with Crippen molar-refractivity contribution in [2.45, 2.75) is 19.4 Å². The normalized spacial score (nSPS) is 16.9. The fourth-order valence-corrected chi connectivity index (χ4v) is 2.42. The Hall–Kier alpha value is -1.76. The van der Waals surface area contributed by atoms with Crippen molar-refractivity contribution < 1.29 is 9.90 Å². The third-order valence-electron chi connectivity index (χ3n) is 3.07. The first-order valence-corrected chi connectivity index (χ1v) is 6.18. The van der Waals surface area contributed by atoms with Crippen LogP contribution in [0.2, 0.25) is 0 Å². The number of carboxylic acid groups (broad SMARTS) is 1. The third-order valence-corrected chi connectivity index (χ3v) is 3.75. The van der Waals surface area contributed by atoms with Gasteiger partial charge in [0.2, 0.25) is 0 Å². The molecule has 17 heavy (non-hydrogen) atoms. The number of tetrazole rings is 1. The second kappa shape index (κ2) is 3.63. The average Bonchev–Trinajstić information content (AvgIpc) is 2.75. The fourth-order valence-electron chi connectivity index (χ4n) is 1.79. The summed E-state index contributed by atoms with van der Waals surface area (Å²) in [7, 11) is 0. The molecule has 1 aliphatic carbocycles. The highest BCUT2D eigenvalue weighted by atomic mass is 32.1. The summed E-state index contributed by atoms with van der Waals surface area (Å²) in [6.07, 6.45) is 1.40. The molecule has 1 N–H and O–H groups in total. The maximum Gasteiger partial charge on any atom is 0.311 e. The SMILES string of the molecule is O=C(O)C1(Cn2nnnc2-c2ccsc2)CC1. The minimum Gasteiger partial charge on any atom is -0.481 e. The van der Waals surface area contributed by atoms with E-state index in [1.807, 2.05) is 16.8 Å². The van der Waals surface area contributed by atoms with Crippen molar-refractivity contribution in [3.05, 3.63) is 16.8 Å². The summed E-state index contributed by atoms with van der Waals surface area (Å²) in [6.45, 7) is 0.348. The Balaban J connectivity index is 1.90. The van der Waals surface area contributed by atoms with Crippen molar-refractivity contribution in [3.8, 4) is 11.4 Å². The van der Waals surface area contributed by atoms with Crippen LogP contribution < -0.4 is 0 Å². The topological polar surface area (TPSA) is 80.9 Å². The van der Waals surface area contributed by atoms with E-state index in [0.717, 1.165) is 5.56 Å². The molecule has 0 atom stereocenters. The molecule has 0 spiro atoms. The number of hydrogen-bond donors (Lipinski definition) is 1. The first kappa shape index (κ1) is 10.4. The molecular weight excluding hydrogens is 240 g/mol. The molecular formula is C10H10N4O2S. The van der Waals surface area contributed by atoms with Gasteiger partial charge in [-0.25, -0.2) is 4.68 Å². The quantitative estimate of drug-likeness (QED) is 0.883. The zero-order chi connectivity index (χ0) is 11.9. The monoisotopic (exact) mass is 250 g/mol. The molecule has 0 aromatic carbocycles. The third kappa shape index (κ3) is 1.72. The van der Waals surface area contributed by atoms with Crippen LogP contribution in [0, 0.1) is 5.41 Å². The summed E-state index contributed by atoms with van der Waals surface area (Å²) >= 11 is 1.56. The van der Waals surface area contributed by atoms with Crippen LogP contribution in [0.4, 0.5) is 0 Å². The lowest BCUT2D eigenvalue weighted by Crippen LogP contribution is -2.22. The number of carboxylic acids is 1. The summed E-state index contributed by atoms with van der Waals surface area (Å²) in [4.78, 5) is 11.1. The number of thiophene rings is 1. The first-order chi connectivity index (χ1) is 8.21. The molecule has 0 radical (unpaired) electrons. The van der Waals surface area contributed by atoms with Gasteiger partial charge in [-0.15, -0.1) is 5.10 Å². The summed E-state index contributed by atoms with van der Waals surface area (Å²) < 4.78 is 1.59. The van der Waals surface area contributed by atoms with Crippen molar-refractivity contribution >= 4 is 17.3 Å².